The summed E-state index contributed by atoms with van der Waals surface area (Å²) in [7, 11) is 0. The Hall–Kier alpha value is -2.63. The zero-order valence-corrected chi connectivity index (χ0v) is 10.8. The van der Waals surface area contributed by atoms with Crippen molar-refractivity contribution in [3.05, 3.63) is 51.9 Å². The Kier molecular flexibility index (Phi) is 3.61. The van der Waals surface area contributed by atoms with Gasteiger partial charge in [-0.15, -0.1) is 0 Å². The van der Waals surface area contributed by atoms with E-state index in [2.05, 4.69) is 20.5 Å². The van der Waals surface area contributed by atoms with Gasteiger partial charge in [-0.2, -0.15) is 5.10 Å². The standard InChI is InChI=1S/C13H15N5O/c1-8-7-12(19)16-13(15-8)18-17-9(2)10-3-5-11(14)6-4-10/h3-7H,14H2,1-2H3,(H2,15,16,18,19). The summed E-state index contributed by atoms with van der Waals surface area (Å²) in [5, 5.41) is 4.17. The number of anilines is 2. The van der Waals surface area contributed by atoms with Crippen LogP contribution in [-0.2, 0) is 0 Å². The van der Waals surface area contributed by atoms with E-state index in [0.717, 1.165) is 11.3 Å². The Bertz CT molecular complexity index is 657. The van der Waals surface area contributed by atoms with E-state index >= 15 is 0 Å². The van der Waals surface area contributed by atoms with Crippen molar-refractivity contribution in [1.82, 2.24) is 9.97 Å². The normalized spacial score (nSPS) is 11.4. The summed E-state index contributed by atoms with van der Waals surface area (Å²) in [6, 6.07) is 8.79. The fourth-order valence-electron chi connectivity index (χ4n) is 1.56. The molecule has 0 saturated carbocycles. The van der Waals surface area contributed by atoms with Gasteiger partial charge in [-0.1, -0.05) is 12.1 Å². The topological polar surface area (TPSA) is 96.2 Å². The molecule has 4 N–H and O–H groups in total. The zero-order valence-electron chi connectivity index (χ0n) is 10.8. The van der Waals surface area contributed by atoms with Crippen LogP contribution in [0.3, 0.4) is 0 Å². The summed E-state index contributed by atoms with van der Waals surface area (Å²) in [5.74, 6) is 0.319. The quantitative estimate of drug-likeness (QED) is 0.441. The second-order valence-corrected chi connectivity index (χ2v) is 4.17. The van der Waals surface area contributed by atoms with E-state index < -0.39 is 0 Å². The van der Waals surface area contributed by atoms with Crippen molar-refractivity contribution in [3.63, 3.8) is 0 Å². The van der Waals surface area contributed by atoms with Gasteiger partial charge in [-0.3, -0.25) is 9.78 Å². The number of aromatic nitrogens is 2. The molecule has 0 amide bonds. The molecule has 19 heavy (non-hydrogen) atoms. The molecule has 0 radical (unpaired) electrons. The smallest absolute Gasteiger partial charge is 0.252 e. The molecule has 1 heterocycles. The minimum atomic E-state index is -0.213. The zero-order chi connectivity index (χ0) is 13.8. The fourth-order valence-corrected chi connectivity index (χ4v) is 1.56. The number of hydrazone groups is 1. The third-order valence-corrected chi connectivity index (χ3v) is 2.53. The van der Waals surface area contributed by atoms with Crippen LogP contribution in [-0.4, -0.2) is 15.7 Å². The van der Waals surface area contributed by atoms with Gasteiger partial charge in [0.1, 0.15) is 0 Å². The molecule has 6 nitrogen and oxygen atoms in total. The first-order valence-corrected chi connectivity index (χ1v) is 5.79. The van der Waals surface area contributed by atoms with Crippen molar-refractivity contribution >= 4 is 17.3 Å². The predicted molar refractivity (Wildman–Crippen MR) is 76.3 cm³/mol. The van der Waals surface area contributed by atoms with Gasteiger partial charge >= 0.3 is 0 Å². The molecule has 1 aromatic heterocycles. The Morgan fingerprint density at radius 2 is 2.05 bits per heavy atom. The number of hydrogen-bond donors (Lipinski definition) is 3. The molecular weight excluding hydrogens is 242 g/mol. The first-order chi connectivity index (χ1) is 9.04. The van der Waals surface area contributed by atoms with Gasteiger partial charge in [0.2, 0.25) is 5.95 Å². The van der Waals surface area contributed by atoms with E-state index in [1.807, 2.05) is 19.1 Å². The van der Waals surface area contributed by atoms with Gasteiger partial charge in [-0.05, 0) is 31.5 Å². The lowest BCUT2D eigenvalue weighted by Crippen LogP contribution is -2.11. The molecule has 0 fully saturated rings. The summed E-state index contributed by atoms with van der Waals surface area (Å²) in [4.78, 5) is 17.9. The van der Waals surface area contributed by atoms with E-state index in [1.54, 1.807) is 19.1 Å². The second kappa shape index (κ2) is 5.34. The lowest BCUT2D eigenvalue weighted by Gasteiger charge is -2.03. The molecule has 0 spiro atoms. The largest absolute Gasteiger partial charge is 0.399 e. The summed E-state index contributed by atoms with van der Waals surface area (Å²) in [6.45, 7) is 3.60. The van der Waals surface area contributed by atoms with Gasteiger partial charge in [0.25, 0.3) is 5.56 Å². The number of benzene rings is 1. The van der Waals surface area contributed by atoms with Crippen LogP contribution in [0.15, 0.2) is 40.2 Å². The van der Waals surface area contributed by atoms with Crippen LogP contribution >= 0.6 is 0 Å². The van der Waals surface area contributed by atoms with Gasteiger partial charge in [0.15, 0.2) is 0 Å². The maximum absolute atomic E-state index is 11.3. The number of nitrogen functional groups attached to an aromatic ring is 1. The number of nitrogens with one attached hydrogen (secondary N) is 2. The van der Waals surface area contributed by atoms with Gasteiger partial charge in [0, 0.05) is 17.4 Å². The third-order valence-electron chi connectivity index (χ3n) is 2.53. The SMILES string of the molecule is CC(=NNc1nc(C)cc(=O)[nH]1)c1ccc(N)cc1. The first-order valence-electron chi connectivity index (χ1n) is 5.79. The minimum Gasteiger partial charge on any atom is -0.399 e. The number of nitrogens with zero attached hydrogens (tertiary/aromatic N) is 2. The molecule has 6 heteroatoms. The number of aryl methyl sites for hydroxylation is 1. The van der Waals surface area contributed by atoms with E-state index in [-0.39, 0.29) is 5.56 Å². The molecule has 2 rings (SSSR count). The van der Waals surface area contributed by atoms with Crippen LogP contribution < -0.4 is 16.7 Å². The highest BCUT2D eigenvalue weighted by atomic mass is 16.1. The molecule has 0 atom stereocenters. The first kappa shape index (κ1) is 12.8. The average Bonchev–Trinajstić information content (AvgIpc) is 2.36. The van der Waals surface area contributed by atoms with Crippen molar-refractivity contribution in [2.75, 3.05) is 11.2 Å². The molecule has 0 unspecified atom stereocenters. The average molecular weight is 257 g/mol. The third kappa shape index (κ3) is 3.41. The summed E-state index contributed by atoms with van der Waals surface area (Å²) < 4.78 is 0. The van der Waals surface area contributed by atoms with Crippen LogP contribution in [0.25, 0.3) is 0 Å². The van der Waals surface area contributed by atoms with Crippen LogP contribution in [0.2, 0.25) is 0 Å². The molecule has 0 bridgehead atoms. The molecule has 0 saturated heterocycles. The van der Waals surface area contributed by atoms with Crippen LogP contribution in [0, 0.1) is 6.92 Å². The predicted octanol–water partition coefficient (Wildman–Crippen LogP) is 1.50. The van der Waals surface area contributed by atoms with Crippen molar-refractivity contribution < 1.29 is 0 Å². The van der Waals surface area contributed by atoms with Crippen molar-refractivity contribution in [2.45, 2.75) is 13.8 Å². The van der Waals surface area contributed by atoms with E-state index in [4.69, 9.17) is 5.73 Å². The maximum atomic E-state index is 11.3. The van der Waals surface area contributed by atoms with E-state index in [0.29, 0.717) is 17.3 Å². The molecule has 1 aromatic carbocycles. The van der Waals surface area contributed by atoms with E-state index in [9.17, 15) is 4.79 Å². The van der Waals surface area contributed by atoms with Crippen molar-refractivity contribution in [2.24, 2.45) is 5.10 Å². The molecule has 98 valence electrons. The van der Waals surface area contributed by atoms with Crippen molar-refractivity contribution in [3.8, 4) is 0 Å². The lowest BCUT2D eigenvalue weighted by molar-refractivity contribution is 1.04. The van der Waals surface area contributed by atoms with Crippen molar-refractivity contribution in [1.29, 1.82) is 0 Å². The number of H-pyrrole nitrogens is 1. The Morgan fingerprint density at radius 1 is 1.37 bits per heavy atom. The highest BCUT2D eigenvalue weighted by molar-refractivity contribution is 5.99. The number of aromatic amines is 1. The highest BCUT2D eigenvalue weighted by Crippen LogP contribution is 2.07. The van der Waals surface area contributed by atoms with E-state index in [1.165, 1.54) is 6.07 Å². The Balaban J connectivity index is 2.17. The summed E-state index contributed by atoms with van der Waals surface area (Å²) in [5.41, 5.74) is 11.2. The number of nitrogens with two attached hydrogens (primary N) is 1. The summed E-state index contributed by atoms with van der Waals surface area (Å²) in [6.07, 6.45) is 0. The highest BCUT2D eigenvalue weighted by Gasteiger charge is 1.99. The molecule has 0 aliphatic heterocycles. The lowest BCUT2D eigenvalue weighted by atomic mass is 10.1. The van der Waals surface area contributed by atoms with Gasteiger partial charge < -0.3 is 5.73 Å². The van der Waals surface area contributed by atoms with Crippen LogP contribution in [0.4, 0.5) is 11.6 Å². The number of hydrogen-bond acceptors (Lipinski definition) is 5. The maximum Gasteiger partial charge on any atom is 0.252 e. The fraction of sp³-hybridized carbons (Fsp3) is 0.154. The van der Waals surface area contributed by atoms with Crippen LogP contribution in [0.5, 0.6) is 0 Å². The van der Waals surface area contributed by atoms with Gasteiger partial charge in [-0.25, -0.2) is 10.4 Å². The van der Waals surface area contributed by atoms with Crippen LogP contribution in [0.1, 0.15) is 18.2 Å². The number of rotatable bonds is 3. The van der Waals surface area contributed by atoms with Gasteiger partial charge in [0.05, 0.1) is 5.71 Å². The monoisotopic (exact) mass is 257 g/mol. The molecule has 0 aliphatic rings. The molecular formula is C13H15N5O. The Labute approximate surface area is 110 Å². The second-order valence-electron chi connectivity index (χ2n) is 4.17. The molecule has 2 aromatic rings. The molecule has 0 aliphatic carbocycles. The summed E-state index contributed by atoms with van der Waals surface area (Å²) >= 11 is 0. The minimum absolute atomic E-state index is 0.213. The Morgan fingerprint density at radius 3 is 2.68 bits per heavy atom.